The van der Waals surface area contributed by atoms with Crippen LogP contribution >= 0.6 is 11.3 Å². The fourth-order valence-corrected chi connectivity index (χ4v) is 7.35. The van der Waals surface area contributed by atoms with Gasteiger partial charge in [-0.1, -0.05) is 23.5 Å². The van der Waals surface area contributed by atoms with E-state index < -0.39 is 28.7 Å². The van der Waals surface area contributed by atoms with Gasteiger partial charge >= 0.3 is 5.69 Å². The number of benzene rings is 1. The van der Waals surface area contributed by atoms with Crippen molar-refractivity contribution >= 4 is 27.5 Å². The number of hydrogen-bond acceptors (Lipinski definition) is 8. The van der Waals surface area contributed by atoms with Crippen molar-refractivity contribution in [1.82, 2.24) is 23.8 Å². The van der Waals surface area contributed by atoms with Crippen LogP contribution in [-0.2, 0) is 26.4 Å². The Morgan fingerprint density at radius 3 is 2.60 bits per heavy atom. The number of fused-ring (bicyclic) bond motifs is 1. The second-order valence-corrected chi connectivity index (χ2v) is 12.7. The van der Waals surface area contributed by atoms with Gasteiger partial charge in [-0.2, -0.15) is 5.10 Å². The van der Waals surface area contributed by atoms with Gasteiger partial charge in [0, 0.05) is 49.8 Å². The van der Waals surface area contributed by atoms with Gasteiger partial charge in [-0.25, -0.2) is 18.4 Å². The molecule has 0 unspecified atom stereocenters. The molecule has 0 spiro atoms. The topological polar surface area (TPSA) is 110 Å². The molecule has 4 aromatic rings. The predicted octanol–water partition coefficient (Wildman–Crippen LogP) is 3.94. The van der Waals surface area contributed by atoms with Crippen molar-refractivity contribution in [3.8, 4) is 10.8 Å². The summed E-state index contributed by atoms with van der Waals surface area (Å²) in [5.74, 6) is -0.421. The maximum atomic E-state index is 14.7. The summed E-state index contributed by atoms with van der Waals surface area (Å²) in [4.78, 5) is 44.7. The van der Waals surface area contributed by atoms with Crippen molar-refractivity contribution in [3.63, 3.8) is 0 Å². The highest BCUT2D eigenvalue weighted by Gasteiger charge is 2.39. The van der Waals surface area contributed by atoms with Gasteiger partial charge < -0.3 is 19.1 Å². The molecular weight excluding hydrogens is 601 g/mol. The van der Waals surface area contributed by atoms with Crippen LogP contribution in [0.2, 0.25) is 0 Å². The molecule has 11 nitrogen and oxygen atoms in total. The number of rotatable bonds is 9. The van der Waals surface area contributed by atoms with E-state index >= 15 is 0 Å². The molecule has 1 fully saturated rings. The number of hydrogen-bond donors (Lipinski definition) is 0. The summed E-state index contributed by atoms with van der Waals surface area (Å²) in [6.45, 7) is 6.76. The minimum absolute atomic E-state index is 0.0686. The van der Waals surface area contributed by atoms with Gasteiger partial charge in [0.15, 0.2) is 0 Å². The highest BCUT2D eigenvalue weighted by Crippen LogP contribution is 2.36. The van der Waals surface area contributed by atoms with Crippen LogP contribution in [0.5, 0.6) is 5.75 Å². The molecule has 1 amide bonds. The summed E-state index contributed by atoms with van der Waals surface area (Å²) < 4.78 is 36.6. The van der Waals surface area contributed by atoms with Crippen molar-refractivity contribution in [2.45, 2.75) is 57.9 Å². The van der Waals surface area contributed by atoms with Gasteiger partial charge in [-0.15, -0.1) is 0 Å². The minimum Gasteiger partial charge on any atom is -0.496 e. The smallest absolute Gasteiger partial charge is 0.333 e. The van der Waals surface area contributed by atoms with Crippen molar-refractivity contribution < 1.29 is 23.4 Å². The van der Waals surface area contributed by atoms with Gasteiger partial charge in [0.2, 0.25) is 5.91 Å². The third-order valence-electron chi connectivity index (χ3n) is 8.50. The lowest BCUT2D eigenvalue weighted by Gasteiger charge is -2.32. The van der Waals surface area contributed by atoms with Crippen LogP contribution in [0.25, 0.3) is 15.2 Å². The number of amides is 1. The number of halogens is 1. The zero-order chi connectivity index (χ0) is 31.9. The molecule has 1 saturated heterocycles. The van der Waals surface area contributed by atoms with Gasteiger partial charge in [0.1, 0.15) is 33.0 Å². The Bertz CT molecular complexity index is 1860. The number of methoxy groups -OCH3 is 1. The molecule has 45 heavy (non-hydrogen) atoms. The van der Waals surface area contributed by atoms with E-state index in [0.29, 0.717) is 71.2 Å². The minimum atomic E-state index is -1.51. The van der Waals surface area contributed by atoms with E-state index in [1.165, 1.54) is 41.2 Å². The molecule has 238 valence electrons. The number of thiophene rings is 1. The summed E-state index contributed by atoms with van der Waals surface area (Å²) in [7, 11) is 1.49. The highest BCUT2D eigenvalue weighted by atomic mass is 32.1. The maximum Gasteiger partial charge on any atom is 0.333 e. The fourth-order valence-electron chi connectivity index (χ4n) is 6.10. The summed E-state index contributed by atoms with van der Waals surface area (Å²) in [5.41, 5.74) is -1.68. The Morgan fingerprint density at radius 1 is 1.20 bits per heavy atom. The van der Waals surface area contributed by atoms with Crippen molar-refractivity contribution in [2.75, 3.05) is 33.4 Å². The second-order valence-electron chi connectivity index (χ2n) is 11.8. The SMILES string of the molecule is COc1ccc(F)cc1[C@H](Cn1c(=O)n(C(C)(C)C(=O)N2CC=CC2)c(=O)c2c(C)c(-n3cccn3)sc21)OC1CCOCC1. The van der Waals surface area contributed by atoms with Crippen LogP contribution < -0.4 is 16.0 Å². The highest BCUT2D eigenvalue weighted by molar-refractivity contribution is 7.21. The van der Waals surface area contributed by atoms with Gasteiger partial charge in [0.05, 0.1) is 25.1 Å². The lowest BCUT2D eigenvalue weighted by Crippen LogP contribution is -2.56. The van der Waals surface area contributed by atoms with Crippen molar-refractivity contribution in [3.05, 3.63) is 86.6 Å². The molecule has 0 saturated carbocycles. The first-order valence-corrected chi connectivity index (χ1v) is 15.7. The second kappa shape index (κ2) is 12.4. The lowest BCUT2D eigenvalue weighted by atomic mass is 10.0. The summed E-state index contributed by atoms with van der Waals surface area (Å²) >= 11 is 1.25. The van der Waals surface area contributed by atoms with Crippen LogP contribution in [-0.4, -0.2) is 69.2 Å². The standard InChI is InChI=1S/C32H36FN5O6S/c1-20-26-27(39)38(32(2,3)30(40)35-13-5-6-14-35)31(41)36(29(26)45-28(20)37-15-7-12-34-37)19-25(44-22-10-16-43-17-11-22)23-18-21(33)8-9-24(23)42-4/h5-9,12,15,18,22,25H,10-11,13-14,16-17,19H2,1-4H3/t25-/m0/s1. The first-order valence-electron chi connectivity index (χ1n) is 14.9. The third kappa shape index (κ3) is 5.64. The molecule has 0 radical (unpaired) electrons. The molecule has 0 N–H and O–H groups in total. The van der Waals surface area contributed by atoms with Crippen LogP contribution in [0.15, 0.2) is 58.4 Å². The molecule has 3 aromatic heterocycles. The number of nitrogens with zero attached hydrogens (tertiary/aromatic N) is 5. The average molecular weight is 638 g/mol. The molecular formula is C32H36FN5O6S. The van der Waals surface area contributed by atoms with Crippen LogP contribution in [0.3, 0.4) is 0 Å². The zero-order valence-electron chi connectivity index (χ0n) is 25.7. The zero-order valence-corrected chi connectivity index (χ0v) is 26.5. The third-order valence-corrected chi connectivity index (χ3v) is 9.80. The summed E-state index contributed by atoms with van der Waals surface area (Å²) in [5, 5.41) is 5.33. The number of aryl methyl sites for hydroxylation is 1. The molecule has 1 aromatic carbocycles. The van der Waals surface area contributed by atoms with E-state index in [-0.39, 0.29) is 18.6 Å². The first-order chi connectivity index (χ1) is 21.6. The Kier molecular flexibility index (Phi) is 8.51. The molecule has 0 aliphatic carbocycles. The van der Waals surface area contributed by atoms with E-state index in [9.17, 15) is 18.8 Å². The number of carbonyl (C=O) groups is 1. The van der Waals surface area contributed by atoms with Crippen molar-refractivity contribution in [2.24, 2.45) is 0 Å². The predicted molar refractivity (Wildman–Crippen MR) is 168 cm³/mol. The monoisotopic (exact) mass is 637 g/mol. The summed E-state index contributed by atoms with van der Waals surface area (Å²) in [6.07, 6.45) is 7.37. The lowest BCUT2D eigenvalue weighted by molar-refractivity contribution is -0.138. The Balaban J connectivity index is 1.57. The Hall–Kier alpha value is -4.07. The average Bonchev–Trinajstić information content (AvgIpc) is 3.81. The number of aromatic nitrogens is 4. The van der Waals surface area contributed by atoms with E-state index in [1.807, 2.05) is 12.2 Å². The quantitative estimate of drug-likeness (QED) is 0.256. The number of carbonyl (C=O) groups excluding carboxylic acids is 1. The largest absolute Gasteiger partial charge is 0.496 e. The molecule has 13 heteroatoms. The number of ether oxygens (including phenoxy) is 3. The molecule has 5 heterocycles. The molecule has 0 bridgehead atoms. The molecule has 6 rings (SSSR count). The Labute approximate surface area is 263 Å². The van der Waals surface area contributed by atoms with E-state index in [1.54, 1.807) is 48.8 Å². The Morgan fingerprint density at radius 2 is 1.93 bits per heavy atom. The van der Waals surface area contributed by atoms with E-state index in [2.05, 4.69) is 5.10 Å². The first kappa shape index (κ1) is 30.9. The van der Waals surface area contributed by atoms with Crippen LogP contribution in [0.1, 0.15) is 43.9 Å². The van der Waals surface area contributed by atoms with Crippen molar-refractivity contribution in [1.29, 1.82) is 0 Å². The molecule has 2 aliphatic heterocycles. The van der Waals surface area contributed by atoms with E-state index in [4.69, 9.17) is 14.2 Å². The van der Waals surface area contributed by atoms with Gasteiger partial charge in [0.25, 0.3) is 5.56 Å². The summed E-state index contributed by atoms with van der Waals surface area (Å²) in [6, 6.07) is 5.96. The van der Waals surface area contributed by atoms with Crippen LogP contribution in [0.4, 0.5) is 4.39 Å². The van der Waals surface area contributed by atoms with E-state index in [0.717, 1.165) is 4.57 Å². The van der Waals surface area contributed by atoms with Crippen LogP contribution in [0, 0.1) is 12.7 Å². The fraction of sp³-hybridized carbons (Fsp3) is 0.438. The molecule has 1 atom stereocenters. The van der Waals surface area contributed by atoms with Gasteiger partial charge in [-0.05, 0) is 57.9 Å². The van der Waals surface area contributed by atoms with Gasteiger partial charge in [-0.3, -0.25) is 14.2 Å². The molecule has 2 aliphatic rings. The normalized spacial score (nSPS) is 16.5. The maximum absolute atomic E-state index is 14.7.